The molecule has 170 valence electrons. The summed E-state index contributed by atoms with van der Waals surface area (Å²) >= 11 is 0. The van der Waals surface area contributed by atoms with Crippen molar-refractivity contribution in [3.8, 4) is 0 Å². The van der Waals surface area contributed by atoms with Gasteiger partial charge in [0.25, 0.3) is 10.0 Å². The van der Waals surface area contributed by atoms with Gasteiger partial charge in [0.15, 0.2) is 0 Å². The SMILES string of the molecule is C[C@@H]1Cc2ccccc2N1C(=O)CCc1ccc(S(=O)(=O)N2CCCc3ccccc32)cc1. The largest absolute Gasteiger partial charge is 0.309 e. The molecular formula is C27H28N2O3S. The molecule has 0 radical (unpaired) electrons. The van der Waals surface area contributed by atoms with Crippen LogP contribution in [0.4, 0.5) is 11.4 Å². The van der Waals surface area contributed by atoms with Gasteiger partial charge in [-0.2, -0.15) is 0 Å². The summed E-state index contributed by atoms with van der Waals surface area (Å²) in [6, 6.07) is 22.9. The Morgan fingerprint density at radius 3 is 2.33 bits per heavy atom. The molecule has 6 heteroatoms. The van der Waals surface area contributed by atoms with E-state index in [4.69, 9.17) is 0 Å². The summed E-state index contributed by atoms with van der Waals surface area (Å²) in [6.07, 6.45) is 3.57. The van der Waals surface area contributed by atoms with Crippen LogP contribution < -0.4 is 9.21 Å². The predicted molar refractivity (Wildman–Crippen MR) is 131 cm³/mol. The van der Waals surface area contributed by atoms with Crippen LogP contribution in [0.1, 0.15) is 36.5 Å². The topological polar surface area (TPSA) is 57.7 Å². The number of nitrogens with zero attached hydrogens (tertiary/aromatic N) is 2. The summed E-state index contributed by atoms with van der Waals surface area (Å²) < 4.78 is 28.2. The van der Waals surface area contributed by atoms with Crippen LogP contribution in [-0.4, -0.2) is 26.9 Å². The molecule has 5 rings (SSSR count). The zero-order valence-electron chi connectivity index (χ0n) is 18.8. The number of para-hydroxylation sites is 2. The van der Waals surface area contributed by atoms with E-state index in [9.17, 15) is 13.2 Å². The van der Waals surface area contributed by atoms with Crippen molar-refractivity contribution in [3.05, 3.63) is 89.5 Å². The second-order valence-electron chi connectivity index (χ2n) is 8.90. The quantitative estimate of drug-likeness (QED) is 0.553. The van der Waals surface area contributed by atoms with E-state index in [-0.39, 0.29) is 16.8 Å². The van der Waals surface area contributed by atoms with Crippen molar-refractivity contribution in [2.75, 3.05) is 15.7 Å². The molecular weight excluding hydrogens is 432 g/mol. The first kappa shape index (κ1) is 21.7. The van der Waals surface area contributed by atoms with Gasteiger partial charge in [0.2, 0.25) is 5.91 Å². The van der Waals surface area contributed by atoms with Crippen LogP contribution in [0.15, 0.2) is 77.7 Å². The Hall–Kier alpha value is -3.12. The van der Waals surface area contributed by atoms with Gasteiger partial charge in [-0.25, -0.2) is 8.42 Å². The molecule has 0 aliphatic carbocycles. The highest BCUT2D eigenvalue weighted by Gasteiger charge is 2.31. The molecule has 0 saturated carbocycles. The van der Waals surface area contributed by atoms with Gasteiger partial charge in [0.1, 0.15) is 0 Å². The van der Waals surface area contributed by atoms with Crippen molar-refractivity contribution in [3.63, 3.8) is 0 Å². The summed E-state index contributed by atoms with van der Waals surface area (Å²) in [4.78, 5) is 15.2. The molecule has 33 heavy (non-hydrogen) atoms. The normalized spacial score (nSPS) is 17.5. The van der Waals surface area contributed by atoms with Crippen LogP contribution in [0.5, 0.6) is 0 Å². The maximum atomic E-state index is 13.3. The lowest BCUT2D eigenvalue weighted by atomic mass is 10.0. The fraction of sp³-hybridized carbons (Fsp3) is 0.296. The maximum Gasteiger partial charge on any atom is 0.264 e. The molecule has 2 heterocycles. The average molecular weight is 461 g/mol. The fourth-order valence-electron chi connectivity index (χ4n) is 5.02. The molecule has 0 fully saturated rings. The van der Waals surface area contributed by atoms with Crippen molar-refractivity contribution in [1.82, 2.24) is 0 Å². The lowest BCUT2D eigenvalue weighted by molar-refractivity contribution is -0.118. The van der Waals surface area contributed by atoms with E-state index >= 15 is 0 Å². The standard InChI is InChI=1S/C27H28N2O3S/c1-20-19-23-8-3-5-11-26(23)29(20)27(30)17-14-21-12-15-24(16-13-21)33(31,32)28-18-6-9-22-7-2-4-10-25(22)28/h2-5,7-8,10-13,15-16,20H,6,9,14,17-19H2,1H3/t20-/m1/s1. The second kappa shape index (κ2) is 8.67. The van der Waals surface area contributed by atoms with Gasteiger partial charge in [-0.3, -0.25) is 9.10 Å². The fourth-order valence-corrected chi connectivity index (χ4v) is 6.56. The van der Waals surface area contributed by atoms with Gasteiger partial charge in [-0.05, 0) is 73.6 Å². The average Bonchev–Trinajstić information content (AvgIpc) is 3.18. The number of fused-ring (bicyclic) bond motifs is 2. The number of carbonyl (C=O) groups excluding carboxylic acids is 1. The van der Waals surface area contributed by atoms with Gasteiger partial charge >= 0.3 is 0 Å². The zero-order chi connectivity index (χ0) is 23.0. The Labute approximate surface area is 195 Å². The molecule has 2 aliphatic rings. The number of rotatable bonds is 5. The number of hydrogen-bond donors (Lipinski definition) is 0. The third kappa shape index (κ3) is 4.04. The number of sulfonamides is 1. The van der Waals surface area contributed by atoms with Crippen LogP contribution in [0.2, 0.25) is 0 Å². The minimum atomic E-state index is -3.62. The van der Waals surface area contributed by atoms with E-state index in [1.807, 2.05) is 59.5 Å². The Morgan fingerprint density at radius 2 is 1.58 bits per heavy atom. The molecule has 5 nitrogen and oxygen atoms in total. The van der Waals surface area contributed by atoms with E-state index in [2.05, 4.69) is 13.0 Å². The number of carbonyl (C=O) groups is 1. The number of amides is 1. The molecule has 0 N–H and O–H groups in total. The van der Waals surface area contributed by atoms with E-state index in [1.165, 1.54) is 9.87 Å². The number of benzene rings is 3. The number of aryl methyl sites for hydroxylation is 2. The number of anilines is 2. The molecule has 0 unspecified atom stereocenters. The zero-order valence-corrected chi connectivity index (χ0v) is 19.6. The van der Waals surface area contributed by atoms with Crippen LogP contribution in [0, 0.1) is 0 Å². The molecule has 3 aromatic carbocycles. The summed E-state index contributed by atoms with van der Waals surface area (Å²) in [5, 5.41) is 0. The van der Waals surface area contributed by atoms with E-state index in [0.29, 0.717) is 19.4 Å². The first-order valence-corrected chi connectivity index (χ1v) is 13.0. The summed E-state index contributed by atoms with van der Waals surface area (Å²) in [7, 11) is -3.62. The molecule has 0 saturated heterocycles. The summed E-state index contributed by atoms with van der Waals surface area (Å²) in [5.41, 5.74) is 5.03. The molecule has 2 aliphatic heterocycles. The Kier molecular flexibility index (Phi) is 5.71. The first-order valence-electron chi connectivity index (χ1n) is 11.5. The highest BCUT2D eigenvalue weighted by Crippen LogP contribution is 2.33. The van der Waals surface area contributed by atoms with Crippen molar-refractivity contribution in [1.29, 1.82) is 0 Å². The van der Waals surface area contributed by atoms with Crippen molar-refractivity contribution in [2.45, 2.75) is 50.0 Å². The Balaban J connectivity index is 1.28. The molecule has 1 atom stereocenters. The van der Waals surface area contributed by atoms with Crippen molar-refractivity contribution in [2.24, 2.45) is 0 Å². The lowest BCUT2D eigenvalue weighted by Gasteiger charge is -2.30. The van der Waals surface area contributed by atoms with Gasteiger partial charge in [0, 0.05) is 24.7 Å². The van der Waals surface area contributed by atoms with Crippen LogP contribution in [0.25, 0.3) is 0 Å². The van der Waals surface area contributed by atoms with Gasteiger partial charge in [-0.1, -0.05) is 48.5 Å². The third-order valence-corrected chi connectivity index (χ3v) is 8.51. The molecule has 0 bridgehead atoms. The third-order valence-electron chi connectivity index (χ3n) is 6.68. The van der Waals surface area contributed by atoms with Gasteiger partial charge < -0.3 is 4.90 Å². The molecule has 0 aromatic heterocycles. The molecule has 0 spiro atoms. The van der Waals surface area contributed by atoms with Crippen LogP contribution >= 0.6 is 0 Å². The van der Waals surface area contributed by atoms with Crippen molar-refractivity contribution >= 4 is 27.3 Å². The lowest BCUT2D eigenvalue weighted by Crippen LogP contribution is -2.36. The van der Waals surface area contributed by atoms with E-state index < -0.39 is 10.0 Å². The highest BCUT2D eigenvalue weighted by atomic mass is 32.2. The summed E-state index contributed by atoms with van der Waals surface area (Å²) in [5.74, 6) is 0.106. The molecule has 1 amide bonds. The van der Waals surface area contributed by atoms with Crippen LogP contribution in [0.3, 0.4) is 0 Å². The van der Waals surface area contributed by atoms with Crippen molar-refractivity contribution < 1.29 is 13.2 Å². The number of hydrogen-bond acceptors (Lipinski definition) is 3. The Morgan fingerprint density at radius 1 is 0.909 bits per heavy atom. The maximum absolute atomic E-state index is 13.3. The van der Waals surface area contributed by atoms with E-state index in [1.54, 1.807) is 12.1 Å². The monoisotopic (exact) mass is 460 g/mol. The predicted octanol–water partition coefficient (Wildman–Crippen LogP) is 4.74. The van der Waals surface area contributed by atoms with Gasteiger partial charge in [0.05, 0.1) is 10.6 Å². The minimum Gasteiger partial charge on any atom is -0.309 e. The molecule has 3 aromatic rings. The second-order valence-corrected chi connectivity index (χ2v) is 10.8. The summed E-state index contributed by atoms with van der Waals surface area (Å²) in [6.45, 7) is 2.57. The van der Waals surface area contributed by atoms with Gasteiger partial charge in [-0.15, -0.1) is 0 Å². The van der Waals surface area contributed by atoms with Crippen LogP contribution in [-0.2, 0) is 34.1 Å². The van der Waals surface area contributed by atoms with E-state index in [0.717, 1.165) is 41.8 Å². The smallest absolute Gasteiger partial charge is 0.264 e. The first-order chi connectivity index (χ1) is 15.9. The minimum absolute atomic E-state index is 0.106. The highest BCUT2D eigenvalue weighted by molar-refractivity contribution is 7.92. The Bertz CT molecular complexity index is 1280.